The number of phenols is 1. The first kappa shape index (κ1) is 39.3. The molecule has 0 spiro atoms. The Kier molecular flexibility index (Phi) is 17.0. The minimum atomic E-state index is -1.10. The molecule has 0 saturated heterocycles. The van der Waals surface area contributed by atoms with Crippen LogP contribution >= 0.6 is 0 Å². The zero-order valence-electron chi connectivity index (χ0n) is 28.1. The lowest BCUT2D eigenvalue weighted by Gasteiger charge is -2.27. The number of benzene rings is 1. The van der Waals surface area contributed by atoms with Crippen molar-refractivity contribution < 1.29 is 24.3 Å². The Hall–Kier alpha value is -3.91. The van der Waals surface area contributed by atoms with E-state index in [4.69, 9.17) is 28.7 Å². The van der Waals surface area contributed by atoms with Crippen molar-refractivity contribution in [3.8, 4) is 5.75 Å². The summed E-state index contributed by atoms with van der Waals surface area (Å²) in [6.07, 6.45) is 9.12. The Bertz CT molecular complexity index is 1190. The summed E-state index contributed by atoms with van der Waals surface area (Å²) in [5, 5.41) is 18.4. The molecular weight excluding hydrogens is 602 g/mol. The molecule has 0 aromatic heterocycles. The first-order chi connectivity index (χ1) is 22.3. The van der Waals surface area contributed by atoms with E-state index in [1.165, 1.54) is 0 Å². The topological polar surface area (TPSA) is 267 Å². The molecule has 1 saturated carbocycles. The zero-order chi connectivity index (χ0) is 34.9. The predicted molar refractivity (Wildman–Crippen MR) is 183 cm³/mol. The molecule has 1 aliphatic carbocycles. The highest BCUT2D eigenvalue weighted by Crippen LogP contribution is 2.27. The van der Waals surface area contributed by atoms with Gasteiger partial charge in [-0.15, -0.1) is 0 Å². The third kappa shape index (κ3) is 14.2. The van der Waals surface area contributed by atoms with E-state index in [0.29, 0.717) is 38.8 Å². The summed E-state index contributed by atoms with van der Waals surface area (Å²) in [4.78, 5) is 57.0. The number of carbonyl (C=O) groups is 4. The van der Waals surface area contributed by atoms with Gasteiger partial charge in [-0.05, 0) is 93.7 Å². The smallest absolute Gasteiger partial charge is 0.243 e. The summed E-state index contributed by atoms with van der Waals surface area (Å²) in [5.74, 6) is -1.98. The van der Waals surface area contributed by atoms with Crippen molar-refractivity contribution in [3.63, 3.8) is 0 Å². The van der Waals surface area contributed by atoms with E-state index in [0.717, 1.165) is 55.2 Å². The SMILES string of the molecule is Cc1cc(O)cc(C)c1C[C@H](NC(=O)[C@H](N)CCCN=C(N)N)C(=O)N[C@@H](CCCCN)C(=O)N[C@@H](CC1CCCCCC1)C(N)=O. The molecule has 1 aromatic rings. The Labute approximate surface area is 278 Å². The van der Waals surface area contributed by atoms with Crippen LogP contribution < -0.4 is 44.6 Å². The second-order valence-corrected chi connectivity index (χ2v) is 12.8. The van der Waals surface area contributed by atoms with E-state index in [2.05, 4.69) is 20.9 Å². The Balaban J connectivity index is 2.27. The predicted octanol–water partition coefficient (Wildman–Crippen LogP) is 0.362. The van der Waals surface area contributed by atoms with E-state index in [9.17, 15) is 24.3 Å². The highest BCUT2D eigenvalue weighted by molar-refractivity contribution is 5.94. The Morgan fingerprint density at radius 1 is 0.830 bits per heavy atom. The molecule has 1 aromatic carbocycles. The van der Waals surface area contributed by atoms with Gasteiger partial charge in [0.15, 0.2) is 5.96 Å². The van der Waals surface area contributed by atoms with Crippen LogP contribution in [0.5, 0.6) is 5.75 Å². The van der Waals surface area contributed by atoms with Crippen molar-refractivity contribution in [2.24, 2.45) is 39.6 Å². The average molecular weight is 660 g/mol. The molecule has 47 heavy (non-hydrogen) atoms. The second-order valence-electron chi connectivity index (χ2n) is 12.8. The number of carbonyl (C=O) groups excluding carboxylic acids is 4. The van der Waals surface area contributed by atoms with Crippen molar-refractivity contribution in [3.05, 3.63) is 28.8 Å². The summed E-state index contributed by atoms with van der Waals surface area (Å²) in [6, 6.07) is -0.749. The highest BCUT2D eigenvalue weighted by atomic mass is 16.3. The van der Waals surface area contributed by atoms with Crippen molar-refractivity contribution in [1.29, 1.82) is 0 Å². The van der Waals surface area contributed by atoms with Crippen LogP contribution in [0, 0.1) is 19.8 Å². The molecule has 0 bridgehead atoms. The summed E-state index contributed by atoms with van der Waals surface area (Å²) in [7, 11) is 0. The minimum absolute atomic E-state index is 0.0592. The van der Waals surface area contributed by atoms with E-state index in [1.807, 2.05) is 0 Å². The number of phenolic OH excluding ortho intramolecular Hbond substituents is 1. The number of hydrogen-bond acceptors (Lipinski definition) is 8. The van der Waals surface area contributed by atoms with Crippen LogP contribution in [0.3, 0.4) is 0 Å². The van der Waals surface area contributed by atoms with E-state index in [-0.39, 0.29) is 36.9 Å². The number of aryl methyl sites for hydroxylation is 2. The largest absolute Gasteiger partial charge is 0.508 e. The van der Waals surface area contributed by atoms with Gasteiger partial charge in [-0.2, -0.15) is 0 Å². The number of nitrogens with zero attached hydrogens (tertiary/aromatic N) is 1. The Morgan fingerprint density at radius 3 is 1.98 bits per heavy atom. The van der Waals surface area contributed by atoms with Crippen molar-refractivity contribution >= 4 is 29.6 Å². The molecule has 0 heterocycles. The van der Waals surface area contributed by atoms with Crippen LogP contribution in [0.2, 0.25) is 0 Å². The molecule has 0 aliphatic heterocycles. The molecule has 4 atom stereocenters. The summed E-state index contributed by atoms with van der Waals surface area (Å²) in [6.45, 7) is 4.31. The van der Waals surface area contributed by atoms with Crippen LogP contribution in [-0.4, -0.2) is 72.0 Å². The number of nitrogens with two attached hydrogens (primary N) is 5. The van der Waals surface area contributed by atoms with Crippen molar-refractivity contribution in [2.45, 2.75) is 121 Å². The zero-order valence-corrected chi connectivity index (χ0v) is 28.1. The minimum Gasteiger partial charge on any atom is -0.508 e. The van der Waals surface area contributed by atoms with Gasteiger partial charge in [0.2, 0.25) is 23.6 Å². The molecule has 14 nitrogen and oxygen atoms in total. The molecular formula is C33H57N9O5. The van der Waals surface area contributed by atoms with Gasteiger partial charge >= 0.3 is 0 Å². The molecule has 0 unspecified atom stereocenters. The van der Waals surface area contributed by atoms with Crippen molar-refractivity contribution in [1.82, 2.24) is 16.0 Å². The third-order valence-electron chi connectivity index (χ3n) is 8.81. The highest BCUT2D eigenvalue weighted by Gasteiger charge is 2.31. The monoisotopic (exact) mass is 659 g/mol. The number of guanidine groups is 1. The van der Waals surface area contributed by atoms with Gasteiger partial charge in [0, 0.05) is 13.0 Å². The number of primary amides is 1. The fourth-order valence-corrected chi connectivity index (χ4v) is 6.12. The summed E-state index contributed by atoms with van der Waals surface area (Å²) in [5.41, 5.74) is 30.5. The van der Waals surface area contributed by atoms with Crippen LogP contribution in [0.1, 0.15) is 93.7 Å². The Morgan fingerprint density at radius 2 is 1.40 bits per heavy atom. The molecule has 14 heteroatoms. The van der Waals surface area contributed by atoms with Gasteiger partial charge in [-0.25, -0.2) is 0 Å². The van der Waals surface area contributed by atoms with Gasteiger partial charge < -0.3 is 49.7 Å². The molecule has 0 radical (unpaired) electrons. The molecule has 14 N–H and O–H groups in total. The number of nitrogens with one attached hydrogen (secondary N) is 3. The quantitative estimate of drug-likeness (QED) is 0.0429. The van der Waals surface area contributed by atoms with Crippen molar-refractivity contribution in [2.75, 3.05) is 13.1 Å². The van der Waals surface area contributed by atoms with E-state index < -0.39 is 47.8 Å². The van der Waals surface area contributed by atoms with Crippen LogP contribution in [-0.2, 0) is 25.6 Å². The first-order valence-electron chi connectivity index (χ1n) is 16.8. The van der Waals surface area contributed by atoms with Crippen LogP contribution in [0.15, 0.2) is 17.1 Å². The lowest BCUT2D eigenvalue weighted by atomic mass is 9.92. The fourth-order valence-electron chi connectivity index (χ4n) is 6.12. The first-order valence-corrected chi connectivity index (χ1v) is 16.8. The summed E-state index contributed by atoms with van der Waals surface area (Å²) >= 11 is 0. The van der Waals surface area contributed by atoms with Gasteiger partial charge in [0.05, 0.1) is 6.04 Å². The molecule has 2 rings (SSSR count). The number of unbranched alkanes of at least 4 members (excludes halogenated alkanes) is 1. The van der Waals surface area contributed by atoms with E-state index >= 15 is 0 Å². The molecule has 264 valence electrons. The third-order valence-corrected chi connectivity index (χ3v) is 8.81. The number of amides is 4. The lowest BCUT2D eigenvalue weighted by Crippen LogP contribution is -2.58. The van der Waals surface area contributed by atoms with Gasteiger partial charge in [0.1, 0.15) is 23.9 Å². The molecule has 1 aliphatic rings. The van der Waals surface area contributed by atoms with Gasteiger partial charge in [-0.3, -0.25) is 24.2 Å². The van der Waals surface area contributed by atoms with Gasteiger partial charge in [0.25, 0.3) is 0 Å². The molecule has 1 fully saturated rings. The summed E-state index contributed by atoms with van der Waals surface area (Å²) < 4.78 is 0. The number of hydrogen-bond donors (Lipinski definition) is 9. The van der Waals surface area contributed by atoms with Crippen LogP contribution in [0.4, 0.5) is 0 Å². The van der Waals surface area contributed by atoms with Crippen LogP contribution in [0.25, 0.3) is 0 Å². The maximum Gasteiger partial charge on any atom is 0.243 e. The maximum absolute atomic E-state index is 13.9. The number of rotatable bonds is 19. The normalized spacial score (nSPS) is 16.2. The number of aromatic hydroxyl groups is 1. The fraction of sp³-hybridized carbons (Fsp3) is 0.667. The van der Waals surface area contributed by atoms with E-state index in [1.54, 1.807) is 26.0 Å². The number of aliphatic imine (C=N–C) groups is 1. The van der Waals surface area contributed by atoms with Gasteiger partial charge in [-0.1, -0.05) is 38.5 Å². The lowest BCUT2D eigenvalue weighted by molar-refractivity contribution is -0.133. The molecule has 4 amide bonds. The second kappa shape index (κ2) is 20.4. The standard InChI is InChI=1S/C33H57N9O5/c1-20-16-23(43)17-21(2)24(20)19-28(42-30(45)25(35)12-9-15-39-33(37)38)32(47)40-26(13-7-8-14-34)31(46)41-27(29(36)44)18-22-10-5-3-4-6-11-22/h16-17,22,25-28,43H,3-15,18-19,34-35H2,1-2H3,(H2,36,44)(H,40,47)(H,41,46)(H,42,45)(H4,37,38,39)/t25-,26+,27+,28+/m1/s1. The maximum atomic E-state index is 13.9. The average Bonchev–Trinajstić information content (AvgIpc) is 3.27.